The fourth-order valence-corrected chi connectivity index (χ4v) is 3.19. The topological polar surface area (TPSA) is 71.1 Å². The Morgan fingerprint density at radius 2 is 1.34 bits per heavy atom. The van der Waals surface area contributed by atoms with E-state index < -0.39 is 5.97 Å². The van der Waals surface area contributed by atoms with Crippen molar-refractivity contribution in [2.24, 2.45) is 0 Å². The molecule has 0 aromatic heterocycles. The van der Waals surface area contributed by atoms with Crippen LogP contribution in [0.2, 0.25) is 0 Å². The molecule has 3 aromatic rings. The van der Waals surface area contributed by atoms with Crippen molar-refractivity contribution in [2.75, 3.05) is 13.2 Å². The van der Waals surface area contributed by atoms with Gasteiger partial charge in [0.25, 0.3) is 0 Å². The molecular weight excluding hydrogens is 480 g/mol. The number of allylic oxidation sites excluding steroid dienone is 4. The maximum atomic E-state index is 12.3. The van der Waals surface area contributed by atoms with Crippen LogP contribution in [-0.2, 0) is 9.53 Å². The first-order chi connectivity index (χ1) is 18.5. The lowest BCUT2D eigenvalue weighted by molar-refractivity contribution is -0.104. The molecule has 38 heavy (non-hydrogen) atoms. The van der Waals surface area contributed by atoms with E-state index in [1.807, 2.05) is 50.2 Å². The zero-order valence-corrected chi connectivity index (χ0v) is 21.7. The normalized spacial score (nSPS) is 11.5. The van der Waals surface area contributed by atoms with E-state index in [0.717, 1.165) is 29.7 Å². The summed E-state index contributed by atoms with van der Waals surface area (Å²) in [6.07, 6.45) is 10.2. The Balaban J connectivity index is 1.38. The summed E-state index contributed by atoms with van der Waals surface area (Å²) in [5, 5.41) is 0. The van der Waals surface area contributed by atoms with Crippen molar-refractivity contribution in [3.05, 3.63) is 126 Å². The van der Waals surface area contributed by atoms with Crippen molar-refractivity contribution in [3.63, 3.8) is 0 Å². The first-order valence-corrected chi connectivity index (χ1v) is 12.4. The van der Waals surface area contributed by atoms with Gasteiger partial charge >= 0.3 is 5.97 Å². The van der Waals surface area contributed by atoms with Gasteiger partial charge in [-0.25, -0.2) is 4.79 Å². The van der Waals surface area contributed by atoms with Crippen LogP contribution < -0.4 is 14.2 Å². The van der Waals surface area contributed by atoms with Crippen molar-refractivity contribution in [1.82, 2.24) is 0 Å². The molecule has 0 bridgehead atoms. The van der Waals surface area contributed by atoms with Crippen LogP contribution in [0.1, 0.15) is 34.3 Å². The maximum absolute atomic E-state index is 12.3. The number of unbranched alkanes of at least 4 members (excludes halogenated alkanes) is 1. The smallest absolute Gasteiger partial charge is 0.343 e. The van der Waals surface area contributed by atoms with Crippen molar-refractivity contribution in [2.45, 2.75) is 26.7 Å². The van der Waals surface area contributed by atoms with Crippen LogP contribution in [0, 0.1) is 13.8 Å². The van der Waals surface area contributed by atoms with Gasteiger partial charge in [-0.1, -0.05) is 41.5 Å². The van der Waals surface area contributed by atoms with E-state index in [1.54, 1.807) is 60.9 Å². The molecule has 0 fully saturated rings. The Morgan fingerprint density at radius 3 is 2.00 bits per heavy atom. The minimum atomic E-state index is -0.414. The Labute approximate surface area is 223 Å². The van der Waals surface area contributed by atoms with E-state index in [4.69, 9.17) is 18.9 Å². The van der Waals surface area contributed by atoms with Crippen LogP contribution in [0.3, 0.4) is 0 Å². The summed E-state index contributed by atoms with van der Waals surface area (Å²) >= 11 is 0. The highest BCUT2D eigenvalue weighted by molar-refractivity contribution is 5.91. The number of carbonyl (C=O) groups excluding carboxylic acids is 2. The molecule has 6 nitrogen and oxygen atoms in total. The molecule has 0 amide bonds. The quantitative estimate of drug-likeness (QED) is 0.0444. The molecule has 0 saturated heterocycles. The number of hydrogen-bond donors (Lipinski definition) is 0. The number of hydrogen-bond acceptors (Lipinski definition) is 6. The molecule has 0 radical (unpaired) electrons. The van der Waals surface area contributed by atoms with Crippen molar-refractivity contribution in [1.29, 1.82) is 0 Å². The first kappa shape index (κ1) is 28.0. The number of rotatable bonds is 14. The molecule has 0 unspecified atom stereocenters. The molecule has 6 heteroatoms. The lowest BCUT2D eigenvalue weighted by Crippen LogP contribution is -2.08. The number of esters is 1. The largest absolute Gasteiger partial charge is 0.494 e. The Morgan fingerprint density at radius 1 is 0.737 bits per heavy atom. The maximum Gasteiger partial charge on any atom is 0.343 e. The van der Waals surface area contributed by atoms with Gasteiger partial charge in [0.1, 0.15) is 29.3 Å². The van der Waals surface area contributed by atoms with Crippen LogP contribution >= 0.6 is 0 Å². The zero-order chi connectivity index (χ0) is 27.0. The molecule has 0 spiro atoms. The van der Waals surface area contributed by atoms with E-state index in [9.17, 15) is 9.59 Å². The number of aldehydes is 1. The molecule has 3 aromatic carbocycles. The second-order valence-corrected chi connectivity index (χ2v) is 8.45. The van der Waals surface area contributed by atoms with Crippen LogP contribution in [0.25, 0.3) is 0 Å². The van der Waals surface area contributed by atoms with Gasteiger partial charge in [0, 0.05) is 6.08 Å². The van der Waals surface area contributed by atoms with Gasteiger partial charge in [0.05, 0.1) is 25.0 Å². The summed E-state index contributed by atoms with van der Waals surface area (Å²) in [4.78, 5) is 22.9. The highest BCUT2D eigenvalue weighted by Gasteiger charge is 2.08. The fraction of sp³-hybridized carbons (Fsp3) is 0.188. The third kappa shape index (κ3) is 10.2. The molecule has 3 rings (SSSR count). The third-order valence-corrected chi connectivity index (χ3v) is 5.31. The Bertz CT molecular complexity index is 1240. The van der Waals surface area contributed by atoms with Crippen molar-refractivity contribution >= 4 is 12.3 Å². The van der Waals surface area contributed by atoms with E-state index in [0.29, 0.717) is 42.3 Å². The molecule has 0 aliphatic heterocycles. The van der Waals surface area contributed by atoms with E-state index >= 15 is 0 Å². The molecule has 0 saturated carbocycles. The summed E-state index contributed by atoms with van der Waals surface area (Å²) in [5.74, 6) is 2.07. The highest BCUT2D eigenvalue weighted by atomic mass is 16.5. The van der Waals surface area contributed by atoms with Gasteiger partial charge in [-0.3, -0.25) is 4.79 Å². The van der Waals surface area contributed by atoms with Gasteiger partial charge < -0.3 is 18.9 Å². The average Bonchev–Trinajstić information content (AvgIpc) is 2.93. The van der Waals surface area contributed by atoms with E-state index in [2.05, 4.69) is 0 Å². The van der Waals surface area contributed by atoms with Crippen LogP contribution in [-0.4, -0.2) is 25.5 Å². The fourth-order valence-electron chi connectivity index (χ4n) is 3.19. The van der Waals surface area contributed by atoms with Crippen LogP contribution in [0.15, 0.2) is 109 Å². The average molecular weight is 513 g/mol. The Kier molecular flexibility index (Phi) is 11.4. The van der Waals surface area contributed by atoms with Crippen LogP contribution in [0.5, 0.6) is 17.2 Å². The van der Waals surface area contributed by atoms with Crippen molar-refractivity contribution in [3.8, 4) is 17.2 Å². The molecule has 0 atom stereocenters. The number of carbonyl (C=O) groups is 2. The lowest BCUT2D eigenvalue weighted by atomic mass is 10.2. The first-order valence-electron chi connectivity index (χ1n) is 12.4. The van der Waals surface area contributed by atoms with Crippen LogP contribution in [0.4, 0.5) is 0 Å². The van der Waals surface area contributed by atoms with Gasteiger partial charge in [0.15, 0.2) is 0 Å². The number of aryl methyl sites for hydroxylation is 2. The third-order valence-electron chi connectivity index (χ3n) is 5.31. The summed E-state index contributed by atoms with van der Waals surface area (Å²) in [5.41, 5.74) is 2.71. The molecule has 196 valence electrons. The molecule has 0 aliphatic rings. The summed E-state index contributed by atoms with van der Waals surface area (Å²) in [6.45, 7) is 4.97. The summed E-state index contributed by atoms with van der Waals surface area (Å²) in [6, 6.07) is 21.9. The van der Waals surface area contributed by atoms with E-state index in [-0.39, 0.29) is 0 Å². The minimum absolute atomic E-state index is 0.414. The molecule has 0 aliphatic carbocycles. The zero-order valence-electron chi connectivity index (χ0n) is 21.7. The van der Waals surface area contributed by atoms with Gasteiger partial charge in [-0.2, -0.15) is 0 Å². The second-order valence-electron chi connectivity index (χ2n) is 8.45. The summed E-state index contributed by atoms with van der Waals surface area (Å²) < 4.78 is 22.6. The predicted molar refractivity (Wildman–Crippen MR) is 147 cm³/mol. The molecule has 0 heterocycles. The summed E-state index contributed by atoms with van der Waals surface area (Å²) in [7, 11) is 0. The lowest BCUT2D eigenvalue weighted by Gasteiger charge is -2.09. The standard InChI is InChI=1S/C32H32O6/c1-25-8-14-29(15-9-25)37-24-20-28(7-3-4-21-33)35-22-5-6-23-36-30-18-12-27(13-19-30)32(34)38-31-16-10-26(2)11-17-31/h3-4,7-21,24H,5-6,22-23H2,1-2H3/b4-3+,24-20-,28-7+. The van der Waals surface area contributed by atoms with Gasteiger partial charge in [-0.05, 0) is 87.4 Å². The molecule has 0 N–H and O–H groups in total. The van der Waals surface area contributed by atoms with Gasteiger partial charge in [0.2, 0.25) is 0 Å². The minimum Gasteiger partial charge on any atom is -0.494 e. The van der Waals surface area contributed by atoms with Crippen molar-refractivity contribution < 1.29 is 28.5 Å². The van der Waals surface area contributed by atoms with E-state index in [1.165, 1.54) is 6.08 Å². The SMILES string of the molecule is Cc1ccc(O\C=C/C(=C\C=C\C=O)OCCCCOc2ccc(C(=O)Oc3ccc(C)cc3)cc2)cc1. The highest BCUT2D eigenvalue weighted by Crippen LogP contribution is 2.17. The monoisotopic (exact) mass is 512 g/mol. The Hall–Kier alpha value is -4.58. The van der Waals surface area contributed by atoms with Gasteiger partial charge in [-0.15, -0.1) is 0 Å². The predicted octanol–water partition coefficient (Wildman–Crippen LogP) is 6.93. The second kappa shape index (κ2) is 15.5. The number of benzene rings is 3. The number of ether oxygens (including phenoxy) is 4. The molecular formula is C32H32O6.